The molecule has 0 bridgehead atoms. The number of amides is 1. The predicted molar refractivity (Wildman–Crippen MR) is 81.9 cm³/mol. The predicted octanol–water partition coefficient (Wildman–Crippen LogP) is 1.37. The monoisotopic (exact) mass is 318 g/mol. The molecule has 0 unspecified atom stereocenters. The molecule has 23 heavy (non-hydrogen) atoms. The van der Waals surface area contributed by atoms with Gasteiger partial charge in [0.05, 0.1) is 18.4 Å². The third-order valence-electron chi connectivity index (χ3n) is 4.15. The molecule has 1 amide bonds. The summed E-state index contributed by atoms with van der Waals surface area (Å²) in [5, 5.41) is 3.09. The van der Waals surface area contributed by atoms with Crippen LogP contribution < -0.4 is 5.32 Å². The Kier molecular flexibility index (Phi) is 4.22. The number of imidazole rings is 1. The van der Waals surface area contributed by atoms with Crippen LogP contribution in [0.1, 0.15) is 25.2 Å². The van der Waals surface area contributed by atoms with E-state index in [0.29, 0.717) is 25.5 Å². The van der Waals surface area contributed by atoms with Crippen molar-refractivity contribution in [3.05, 3.63) is 36.4 Å². The first-order valence-corrected chi connectivity index (χ1v) is 7.58. The molecule has 1 aliphatic rings. The molecular weight excluding hydrogens is 299 g/mol. The molecule has 1 N–H and O–H groups in total. The minimum atomic E-state index is -0.477. The number of rotatable bonds is 5. The van der Waals surface area contributed by atoms with Crippen molar-refractivity contribution in [1.82, 2.24) is 24.4 Å². The number of nitrogens with zero attached hydrogens (tertiary/aromatic N) is 5. The van der Waals surface area contributed by atoms with Crippen molar-refractivity contribution >= 4 is 11.9 Å². The van der Waals surface area contributed by atoms with Crippen LogP contribution in [0.25, 0.3) is 0 Å². The van der Waals surface area contributed by atoms with Crippen LogP contribution in [0.3, 0.4) is 0 Å². The van der Waals surface area contributed by atoms with Crippen LogP contribution in [0.15, 0.2) is 24.8 Å². The van der Waals surface area contributed by atoms with Crippen LogP contribution in [-0.2, 0) is 11.8 Å². The number of likely N-dealkylation sites (tertiary alicyclic amines) is 1. The number of nitrogens with one attached hydrogen (secondary N) is 1. The van der Waals surface area contributed by atoms with E-state index in [1.807, 2.05) is 29.6 Å². The van der Waals surface area contributed by atoms with Gasteiger partial charge in [-0.2, -0.15) is 0 Å². The zero-order chi connectivity index (χ0) is 16.4. The van der Waals surface area contributed by atoms with Gasteiger partial charge in [0.2, 0.25) is 11.9 Å². The zero-order valence-corrected chi connectivity index (χ0v) is 13.1. The number of aromatic nitrogens is 4. The number of halogens is 1. The largest absolute Gasteiger partial charge is 0.354 e. The first-order valence-electron chi connectivity index (χ1n) is 7.58. The maximum atomic E-state index is 12.9. The molecule has 0 aliphatic carbocycles. The van der Waals surface area contributed by atoms with E-state index >= 15 is 0 Å². The summed E-state index contributed by atoms with van der Waals surface area (Å²) in [7, 11) is 1.92. The first kappa shape index (κ1) is 15.4. The van der Waals surface area contributed by atoms with Crippen LogP contribution >= 0.6 is 0 Å². The second kappa shape index (κ2) is 6.31. The lowest BCUT2D eigenvalue weighted by Gasteiger charge is -2.27. The third kappa shape index (κ3) is 3.01. The molecule has 8 heteroatoms. The highest BCUT2D eigenvalue weighted by molar-refractivity contribution is 5.79. The number of carbonyl (C=O) groups excluding carboxylic acids is 1. The van der Waals surface area contributed by atoms with Gasteiger partial charge in [-0.15, -0.1) is 0 Å². The fraction of sp³-hybridized carbons (Fsp3) is 0.467. The molecule has 3 rings (SSSR count). The Labute approximate surface area is 133 Å². The first-order chi connectivity index (χ1) is 11.1. The van der Waals surface area contributed by atoms with Crippen molar-refractivity contribution in [2.45, 2.75) is 19.4 Å². The molecule has 2 aromatic rings. The number of carbonyl (C=O) groups is 1. The Hall–Kier alpha value is -2.51. The number of anilines is 1. The Bertz CT molecular complexity index is 686. The molecule has 0 aromatic carbocycles. The lowest BCUT2D eigenvalue weighted by molar-refractivity contribution is -0.128. The number of hydrogen-bond donors (Lipinski definition) is 1. The van der Waals surface area contributed by atoms with E-state index in [2.05, 4.69) is 20.3 Å². The van der Waals surface area contributed by atoms with Crippen LogP contribution in [0.2, 0.25) is 0 Å². The van der Waals surface area contributed by atoms with E-state index in [1.54, 1.807) is 6.20 Å². The van der Waals surface area contributed by atoms with E-state index in [4.69, 9.17) is 0 Å². The molecule has 0 saturated carbocycles. The van der Waals surface area contributed by atoms with E-state index in [1.165, 1.54) is 0 Å². The average molecular weight is 318 g/mol. The van der Waals surface area contributed by atoms with Gasteiger partial charge in [0.25, 0.3) is 0 Å². The van der Waals surface area contributed by atoms with Crippen molar-refractivity contribution in [1.29, 1.82) is 0 Å². The molecule has 7 nitrogen and oxygen atoms in total. The molecule has 0 spiro atoms. The highest BCUT2D eigenvalue weighted by Gasteiger charge is 2.41. The molecule has 3 heterocycles. The summed E-state index contributed by atoms with van der Waals surface area (Å²) < 4.78 is 14.8. The van der Waals surface area contributed by atoms with Gasteiger partial charge >= 0.3 is 0 Å². The fourth-order valence-corrected chi connectivity index (χ4v) is 3.06. The van der Waals surface area contributed by atoms with Crippen molar-refractivity contribution in [3.63, 3.8) is 0 Å². The van der Waals surface area contributed by atoms with Gasteiger partial charge in [-0.25, -0.2) is 19.3 Å². The summed E-state index contributed by atoms with van der Waals surface area (Å²) in [5.41, 5.74) is 0. The summed E-state index contributed by atoms with van der Waals surface area (Å²) in [5.74, 6) is 0.913. The maximum absolute atomic E-state index is 12.9. The summed E-state index contributed by atoms with van der Waals surface area (Å²) in [6.45, 7) is 3.12. The molecule has 2 aromatic heterocycles. The second-order valence-electron chi connectivity index (χ2n) is 5.59. The molecule has 0 radical (unpaired) electrons. The maximum Gasteiger partial charge on any atom is 0.223 e. The molecule has 1 fully saturated rings. The van der Waals surface area contributed by atoms with Crippen molar-refractivity contribution in [2.24, 2.45) is 13.0 Å². The average Bonchev–Trinajstić information content (AvgIpc) is 3.09. The molecule has 1 aliphatic heterocycles. The van der Waals surface area contributed by atoms with Crippen LogP contribution in [0.4, 0.5) is 10.3 Å². The number of aryl methyl sites for hydroxylation is 1. The van der Waals surface area contributed by atoms with E-state index in [9.17, 15) is 9.18 Å². The smallest absolute Gasteiger partial charge is 0.223 e. The van der Waals surface area contributed by atoms with E-state index in [0.717, 1.165) is 18.2 Å². The van der Waals surface area contributed by atoms with Crippen LogP contribution in [0.5, 0.6) is 0 Å². The zero-order valence-electron chi connectivity index (χ0n) is 13.1. The van der Waals surface area contributed by atoms with E-state index < -0.39 is 5.82 Å². The van der Waals surface area contributed by atoms with Gasteiger partial charge in [-0.05, 0) is 6.92 Å². The van der Waals surface area contributed by atoms with Crippen molar-refractivity contribution in [3.8, 4) is 0 Å². The Morgan fingerprint density at radius 3 is 2.70 bits per heavy atom. The minimum absolute atomic E-state index is 0.0530. The Morgan fingerprint density at radius 2 is 2.09 bits per heavy atom. The highest BCUT2D eigenvalue weighted by atomic mass is 19.1. The highest BCUT2D eigenvalue weighted by Crippen LogP contribution is 2.36. The SMILES string of the molecule is CCN1C(=O)C[C@@H](CNc2ncc(F)cn2)[C@@H]1c1nccn1C. The van der Waals surface area contributed by atoms with Crippen LogP contribution in [-0.4, -0.2) is 43.4 Å². The van der Waals surface area contributed by atoms with Gasteiger partial charge in [0, 0.05) is 44.9 Å². The Morgan fingerprint density at radius 1 is 1.35 bits per heavy atom. The lowest BCUT2D eigenvalue weighted by atomic mass is 9.99. The van der Waals surface area contributed by atoms with Crippen molar-refractivity contribution < 1.29 is 9.18 Å². The van der Waals surface area contributed by atoms with E-state index in [-0.39, 0.29) is 17.9 Å². The fourth-order valence-electron chi connectivity index (χ4n) is 3.06. The lowest BCUT2D eigenvalue weighted by Crippen LogP contribution is -2.32. The summed E-state index contributed by atoms with van der Waals surface area (Å²) >= 11 is 0. The Balaban J connectivity index is 1.78. The second-order valence-corrected chi connectivity index (χ2v) is 5.59. The molecule has 2 atom stereocenters. The van der Waals surface area contributed by atoms with Gasteiger partial charge in [-0.1, -0.05) is 0 Å². The quantitative estimate of drug-likeness (QED) is 0.901. The van der Waals surface area contributed by atoms with Gasteiger partial charge in [0.1, 0.15) is 5.82 Å². The summed E-state index contributed by atoms with van der Waals surface area (Å²) in [4.78, 5) is 26.3. The molecular formula is C15H19FN6O. The minimum Gasteiger partial charge on any atom is -0.354 e. The van der Waals surface area contributed by atoms with Crippen molar-refractivity contribution in [2.75, 3.05) is 18.4 Å². The third-order valence-corrected chi connectivity index (χ3v) is 4.15. The number of hydrogen-bond acceptors (Lipinski definition) is 5. The normalized spacial score (nSPS) is 21.0. The topological polar surface area (TPSA) is 75.9 Å². The van der Waals surface area contributed by atoms with Crippen LogP contribution in [0, 0.1) is 11.7 Å². The molecule has 1 saturated heterocycles. The summed E-state index contributed by atoms with van der Waals surface area (Å²) in [6.07, 6.45) is 6.28. The van der Waals surface area contributed by atoms with Gasteiger partial charge in [0.15, 0.2) is 5.82 Å². The van der Waals surface area contributed by atoms with Gasteiger partial charge < -0.3 is 14.8 Å². The standard InChI is InChI=1S/C15H19FN6O/c1-3-22-12(23)6-10(13(22)14-17-4-5-21(14)2)7-18-15-19-8-11(16)9-20-15/h4-5,8-10,13H,3,6-7H2,1-2H3,(H,18,19,20)/t10-,13+/m0/s1. The summed E-state index contributed by atoms with van der Waals surface area (Å²) in [6, 6.07) is -0.0829. The van der Waals surface area contributed by atoms with Gasteiger partial charge in [-0.3, -0.25) is 4.79 Å². The molecule has 122 valence electrons.